The molecule has 0 aliphatic carbocycles. The second kappa shape index (κ2) is 8.50. The molecule has 1 amide bonds. The third-order valence-corrected chi connectivity index (χ3v) is 3.19. The molecule has 0 radical (unpaired) electrons. The maximum atomic E-state index is 12.4. The summed E-state index contributed by atoms with van der Waals surface area (Å²) in [6, 6.07) is 4.63. The van der Waals surface area contributed by atoms with Crippen LogP contribution in [0, 0.1) is 28.9 Å². The minimum absolute atomic E-state index is 0.123. The Kier molecular flexibility index (Phi) is 7.00. The van der Waals surface area contributed by atoms with Crippen LogP contribution in [0.3, 0.4) is 0 Å². The van der Waals surface area contributed by atoms with Crippen molar-refractivity contribution in [3.8, 4) is 5.75 Å². The molecule has 0 atom stereocenters. The van der Waals surface area contributed by atoms with Gasteiger partial charge < -0.3 is 9.64 Å². The zero-order chi connectivity index (χ0) is 17.6. The van der Waals surface area contributed by atoms with Crippen molar-refractivity contribution in [3.05, 3.63) is 33.9 Å². The minimum Gasteiger partial charge on any atom is -0.477 e. The Morgan fingerprint density at radius 1 is 1.22 bits per heavy atom. The zero-order valence-electron chi connectivity index (χ0n) is 14.5. The molecule has 0 spiro atoms. The second-order valence-electron chi connectivity index (χ2n) is 6.60. The molecule has 0 aliphatic rings. The van der Waals surface area contributed by atoms with Gasteiger partial charge in [-0.1, -0.05) is 33.8 Å². The van der Waals surface area contributed by atoms with Crippen LogP contribution in [0.4, 0.5) is 5.69 Å². The van der Waals surface area contributed by atoms with Gasteiger partial charge in [-0.3, -0.25) is 14.9 Å². The number of hydrogen-bond donors (Lipinski definition) is 0. The molecule has 0 fully saturated rings. The molecule has 1 aromatic carbocycles. The molecule has 6 heteroatoms. The molecule has 1 aromatic rings. The van der Waals surface area contributed by atoms with Gasteiger partial charge in [0.05, 0.1) is 4.92 Å². The highest BCUT2D eigenvalue weighted by Crippen LogP contribution is 2.27. The Labute approximate surface area is 137 Å². The normalized spacial score (nSPS) is 10.9. The molecule has 6 nitrogen and oxygen atoms in total. The lowest BCUT2D eigenvalue weighted by atomic mass is 10.1. The van der Waals surface area contributed by atoms with Crippen molar-refractivity contribution < 1.29 is 14.5 Å². The highest BCUT2D eigenvalue weighted by Gasteiger charge is 2.20. The lowest BCUT2D eigenvalue weighted by Crippen LogP contribution is -2.39. The lowest BCUT2D eigenvalue weighted by Gasteiger charge is -2.26. The van der Waals surface area contributed by atoms with E-state index in [2.05, 4.69) is 0 Å². The molecule has 0 saturated heterocycles. The average molecular weight is 322 g/mol. The van der Waals surface area contributed by atoms with Crippen molar-refractivity contribution in [2.24, 2.45) is 11.8 Å². The van der Waals surface area contributed by atoms with Gasteiger partial charge in [-0.15, -0.1) is 0 Å². The predicted molar refractivity (Wildman–Crippen MR) is 89.6 cm³/mol. The summed E-state index contributed by atoms with van der Waals surface area (Å²) in [5.74, 6) is 0.692. The number of carbonyl (C=O) groups excluding carboxylic acids is 1. The monoisotopic (exact) mass is 322 g/mol. The lowest BCUT2D eigenvalue weighted by molar-refractivity contribution is -0.385. The Hall–Kier alpha value is -2.11. The number of nitrogens with zero attached hydrogens (tertiary/aromatic N) is 2. The van der Waals surface area contributed by atoms with Crippen LogP contribution in [0.25, 0.3) is 0 Å². The summed E-state index contributed by atoms with van der Waals surface area (Å²) in [5, 5.41) is 11.0. The van der Waals surface area contributed by atoms with Crippen molar-refractivity contribution in [1.82, 2.24) is 4.90 Å². The Balaban J connectivity index is 2.80. The Morgan fingerprint density at radius 2 is 1.78 bits per heavy atom. The molecule has 0 saturated carbocycles. The van der Waals surface area contributed by atoms with E-state index >= 15 is 0 Å². The van der Waals surface area contributed by atoms with Gasteiger partial charge in [0.1, 0.15) is 0 Å². The van der Waals surface area contributed by atoms with Gasteiger partial charge in [-0.2, -0.15) is 0 Å². The molecule has 128 valence electrons. The van der Waals surface area contributed by atoms with E-state index in [4.69, 9.17) is 4.74 Å². The van der Waals surface area contributed by atoms with Gasteiger partial charge in [0, 0.05) is 19.2 Å². The average Bonchev–Trinajstić information content (AvgIpc) is 2.42. The van der Waals surface area contributed by atoms with Crippen molar-refractivity contribution in [2.75, 3.05) is 19.7 Å². The van der Waals surface area contributed by atoms with E-state index in [9.17, 15) is 14.9 Å². The summed E-state index contributed by atoms with van der Waals surface area (Å²) < 4.78 is 5.45. The van der Waals surface area contributed by atoms with Crippen LogP contribution < -0.4 is 4.74 Å². The maximum Gasteiger partial charge on any atom is 0.310 e. The fourth-order valence-corrected chi connectivity index (χ4v) is 2.28. The molecule has 0 heterocycles. The van der Waals surface area contributed by atoms with Gasteiger partial charge in [0.15, 0.2) is 12.4 Å². The first-order valence-electron chi connectivity index (χ1n) is 7.86. The van der Waals surface area contributed by atoms with Crippen LogP contribution in [0.1, 0.15) is 33.3 Å². The number of nitro groups is 1. The number of amides is 1. The molecule has 0 N–H and O–H groups in total. The van der Waals surface area contributed by atoms with E-state index in [0.29, 0.717) is 24.9 Å². The summed E-state index contributed by atoms with van der Waals surface area (Å²) >= 11 is 0. The quantitative estimate of drug-likeness (QED) is 0.543. The highest BCUT2D eigenvalue weighted by molar-refractivity contribution is 5.78. The number of ether oxygens (including phenoxy) is 1. The first-order chi connectivity index (χ1) is 10.7. The van der Waals surface area contributed by atoms with Crippen molar-refractivity contribution in [1.29, 1.82) is 0 Å². The number of hydrogen-bond acceptors (Lipinski definition) is 4. The predicted octanol–water partition coefficient (Wildman–Crippen LogP) is 3.42. The van der Waals surface area contributed by atoms with Crippen LogP contribution in [-0.4, -0.2) is 35.4 Å². The number of rotatable bonds is 8. The number of aryl methyl sites for hydroxylation is 1. The van der Waals surface area contributed by atoms with E-state index in [1.54, 1.807) is 17.0 Å². The minimum atomic E-state index is -0.501. The van der Waals surface area contributed by atoms with Crippen molar-refractivity contribution in [3.63, 3.8) is 0 Å². The van der Waals surface area contributed by atoms with E-state index < -0.39 is 4.92 Å². The molecular formula is C17H26N2O4. The van der Waals surface area contributed by atoms with Gasteiger partial charge in [0.25, 0.3) is 5.91 Å². The molecule has 1 rings (SSSR count). The van der Waals surface area contributed by atoms with Crippen LogP contribution >= 0.6 is 0 Å². The molecule has 0 unspecified atom stereocenters. The largest absolute Gasteiger partial charge is 0.477 e. The van der Waals surface area contributed by atoms with Crippen molar-refractivity contribution in [2.45, 2.75) is 34.6 Å². The Morgan fingerprint density at radius 3 is 2.26 bits per heavy atom. The molecular weight excluding hydrogens is 296 g/mol. The van der Waals surface area contributed by atoms with Gasteiger partial charge in [0.2, 0.25) is 0 Å². The zero-order valence-corrected chi connectivity index (χ0v) is 14.5. The molecule has 0 aliphatic heterocycles. The number of carbonyl (C=O) groups is 1. The molecule has 0 bridgehead atoms. The number of benzene rings is 1. The fourth-order valence-electron chi connectivity index (χ4n) is 2.28. The smallest absolute Gasteiger partial charge is 0.310 e. The summed E-state index contributed by atoms with van der Waals surface area (Å²) in [5.41, 5.74) is 0.724. The SMILES string of the molecule is Cc1ccc([N+](=O)[O-])c(OCC(=O)N(CC(C)C)CC(C)C)c1. The summed E-state index contributed by atoms with van der Waals surface area (Å²) in [6.07, 6.45) is 0. The number of nitro benzene ring substituents is 1. The first kappa shape index (κ1) is 18.9. The van der Waals surface area contributed by atoms with Crippen LogP contribution in [0.5, 0.6) is 5.75 Å². The first-order valence-corrected chi connectivity index (χ1v) is 7.86. The molecule has 0 aromatic heterocycles. The fraction of sp³-hybridized carbons (Fsp3) is 0.588. The maximum absolute atomic E-state index is 12.4. The van der Waals surface area contributed by atoms with E-state index in [1.807, 2.05) is 34.6 Å². The summed E-state index contributed by atoms with van der Waals surface area (Å²) in [4.78, 5) is 24.7. The highest BCUT2D eigenvalue weighted by atomic mass is 16.6. The van der Waals surface area contributed by atoms with Crippen molar-refractivity contribution >= 4 is 11.6 Å². The topological polar surface area (TPSA) is 72.7 Å². The summed E-state index contributed by atoms with van der Waals surface area (Å²) in [6.45, 7) is 11.1. The Bertz CT molecular complexity index is 546. The third-order valence-electron chi connectivity index (χ3n) is 3.19. The van der Waals surface area contributed by atoms with Gasteiger partial charge in [-0.05, 0) is 30.4 Å². The molecule has 23 heavy (non-hydrogen) atoms. The van der Waals surface area contributed by atoms with Gasteiger partial charge >= 0.3 is 5.69 Å². The van der Waals surface area contributed by atoms with E-state index in [0.717, 1.165) is 5.56 Å². The van der Waals surface area contributed by atoms with Crippen LogP contribution in [-0.2, 0) is 4.79 Å². The van der Waals surface area contributed by atoms with E-state index in [-0.39, 0.29) is 24.0 Å². The van der Waals surface area contributed by atoms with Gasteiger partial charge in [-0.25, -0.2) is 0 Å². The standard InChI is InChI=1S/C17H26N2O4/c1-12(2)9-18(10-13(3)4)17(20)11-23-16-8-14(5)6-7-15(16)19(21)22/h6-8,12-13H,9-11H2,1-5H3. The van der Waals surface area contributed by atoms with Crippen LogP contribution in [0.15, 0.2) is 18.2 Å². The third kappa shape index (κ3) is 6.26. The van der Waals surface area contributed by atoms with Crippen LogP contribution in [0.2, 0.25) is 0 Å². The van der Waals surface area contributed by atoms with E-state index in [1.165, 1.54) is 6.07 Å². The second-order valence-corrected chi connectivity index (χ2v) is 6.60. The summed E-state index contributed by atoms with van der Waals surface area (Å²) in [7, 11) is 0.